The number of carbonyl (C=O) groups is 1. The normalized spacial score (nSPS) is 33.8. The number of hydrogen-bond acceptors (Lipinski definition) is 4. The van der Waals surface area contributed by atoms with Gasteiger partial charge in [-0.05, 0) is 19.4 Å². The fraction of sp³-hybridized carbons (Fsp3) is 0.429. The summed E-state index contributed by atoms with van der Waals surface area (Å²) in [5.41, 5.74) is 3.97. The summed E-state index contributed by atoms with van der Waals surface area (Å²) in [6.45, 7) is 4.43. The van der Waals surface area contributed by atoms with Crippen molar-refractivity contribution < 1.29 is 9.53 Å². The quantitative estimate of drug-likeness (QED) is 0.819. The number of Topliss-reactive ketones (excluding diaryl/α,β-unsaturated/α-hetero) is 1. The van der Waals surface area contributed by atoms with E-state index in [1.165, 1.54) is 0 Å². The molecule has 1 aromatic carbocycles. The SMILES string of the molecule is C[C@@H]1O[C@@]1(C)C(=O)C1=NNC[C@@H]1c1ccccc1. The lowest BCUT2D eigenvalue weighted by Gasteiger charge is -2.13. The van der Waals surface area contributed by atoms with Crippen LogP contribution in [0.4, 0.5) is 0 Å². The molecule has 4 heteroatoms. The Labute approximate surface area is 106 Å². The average Bonchev–Trinajstić information content (AvgIpc) is 2.83. The molecule has 94 valence electrons. The Morgan fingerprint density at radius 3 is 2.72 bits per heavy atom. The molecule has 3 rings (SSSR count). The maximum atomic E-state index is 12.4. The fourth-order valence-electron chi connectivity index (χ4n) is 2.39. The van der Waals surface area contributed by atoms with Gasteiger partial charge in [-0.1, -0.05) is 30.3 Å². The number of benzene rings is 1. The molecule has 0 spiro atoms. The van der Waals surface area contributed by atoms with Crippen LogP contribution in [-0.4, -0.2) is 29.7 Å². The molecule has 3 atom stereocenters. The van der Waals surface area contributed by atoms with Gasteiger partial charge in [-0.2, -0.15) is 5.10 Å². The van der Waals surface area contributed by atoms with Crippen LogP contribution in [0, 0.1) is 0 Å². The van der Waals surface area contributed by atoms with Crippen molar-refractivity contribution in [3.63, 3.8) is 0 Å². The van der Waals surface area contributed by atoms with Crippen molar-refractivity contribution in [2.75, 3.05) is 6.54 Å². The number of hydrazone groups is 1. The number of nitrogens with one attached hydrogen (secondary N) is 1. The lowest BCUT2D eigenvalue weighted by Crippen LogP contribution is -2.33. The first-order valence-electron chi connectivity index (χ1n) is 6.21. The van der Waals surface area contributed by atoms with Gasteiger partial charge in [-0.15, -0.1) is 0 Å². The van der Waals surface area contributed by atoms with Crippen LogP contribution in [0.15, 0.2) is 35.4 Å². The second-order valence-corrected chi connectivity index (χ2v) is 5.02. The summed E-state index contributed by atoms with van der Waals surface area (Å²) >= 11 is 0. The Morgan fingerprint density at radius 2 is 2.11 bits per heavy atom. The lowest BCUT2D eigenvalue weighted by molar-refractivity contribution is -0.117. The van der Waals surface area contributed by atoms with Gasteiger partial charge in [0.15, 0.2) is 5.60 Å². The van der Waals surface area contributed by atoms with Crippen molar-refractivity contribution in [3.05, 3.63) is 35.9 Å². The van der Waals surface area contributed by atoms with E-state index in [1.54, 1.807) is 0 Å². The Kier molecular flexibility index (Phi) is 2.48. The summed E-state index contributed by atoms with van der Waals surface area (Å²) in [5.74, 6) is 0.0424. The molecule has 2 aliphatic heterocycles. The third-order valence-electron chi connectivity index (χ3n) is 3.85. The highest BCUT2D eigenvalue weighted by Crippen LogP contribution is 2.38. The molecule has 2 aliphatic rings. The molecular weight excluding hydrogens is 228 g/mol. The highest BCUT2D eigenvalue weighted by atomic mass is 16.6. The van der Waals surface area contributed by atoms with E-state index in [1.807, 2.05) is 44.2 Å². The Balaban J connectivity index is 1.86. The fourth-order valence-corrected chi connectivity index (χ4v) is 2.39. The summed E-state index contributed by atoms with van der Waals surface area (Å²) < 4.78 is 5.40. The maximum Gasteiger partial charge on any atom is 0.213 e. The topological polar surface area (TPSA) is 54.0 Å². The standard InChI is InChI=1S/C14H16N2O2/c1-9-14(2,18-9)13(17)12-11(8-15-16-12)10-6-4-3-5-7-10/h3-7,9,11,15H,8H2,1-2H3/t9-,11+,14+/m0/s1. The molecule has 0 aromatic heterocycles. The predicted molar refractivity (Wildman–Crippen MR) is 68.6 cm³/mol. The average molecular weight is 244 g/mol. The minimum absolute atomic E-state index is 0.00820. The van der Waals surface area contributed by atoms with Crippen LogP contribution in [0.3, 0.4) is 0 Å². The van der Waals surface area contributed by atoms with E-state index in [0.717, 1.165) is 5.56 Å². The van der Waals surface area contributed by atoms with E-state index in [-0.39, 0.29) is 17.8 Å². The highest BCUT2D eigenvalue weighted by molar-refractivity contribution is 6.45. The molecule has 0 amide bonds. The largest absolute Gasteiger partial charge is 0.358 e. The maximum absolute atomic E-state index is 12.4. The molecular formula is C14H16N2O2. The van der Waals surface area contributed by atoms with Crippen LogP contribution >= 0.6 is 0 Å². The molecule has 18 heavy (non-hydrogen) atoms. The van der Waals surface area contributed by atoms with E-state index in [4.69, 9.17) is 4.74 Å². The van der Waals surface area contributed by atoms with Crippen LogP contribution in [-0.2, 0) is 9.53 Å². The van der Waals surface area contributed by atoms with Gasteiger partial charge in [0.05, 0.1) is 12.0 Å². The van der Waals surface area contributed by atoms with Gasteiger partial charge in [-0.25, -0.2) is 0 Å². The van der Waals surface area contributed by atoms with E-state index in [9.17, 15) is 4.79 Å². The zero-order valence-corrected chi connectivity index (χ0v) is 10.5. The molecule has 0 radical (unpaired) electrons. The molecule has 0 unspecified atom stereocenters. The number of hydrogen-bond donors (Lipinski definition) is 1. The van der Waals surface area contributed by atoms with Crippen molar-refractivity contribution in [1.82, 2.24) is 5.43 Å². The van der Waals surface area contributed by atoms with Gasteiger partial charge in [0.25, 0.3) is 0 Å². The Bertz CT molecular complexity index is 512. The highest BCUT2D eigenvalue weighted by Gasteiger charge is 2.57. The molecule has 1 N–H and O–H groups in total. The minimum Gasteiger partial charge on any atom is -0.358 e. The van der Waals surface area contributed by atoms with Gasteiger partial charge in [0.1, 0.15) is 5.71 Å². The first kappa shape index (κ1) is 11.4. The van der Waals surface area contributed by atoms with Crippen molar-refractivity contribution in [1.29, 1.82) is 0 Å². The third-order valence-corrected chi connectivity index (χ3v) is 3.85. The summed E-state index contributed by atoms with van der Waals surface area (Å²) in [4.78, 5) is 12.4. The summed E-state index contributed by atoms with van der Waals surface area (Å²) in [7, 11) is 0. The van der Waals surface area contributed by atoms with Gasteiger partial charge in [0.2, 0.25) is 5.78 Å². The van der Waals surface area contributed by atoms with Crippen LogP contribution < -0.4 is 5.43 Å². The molecule has 2 heterocycles. The van der Waals surface area contributed by atoms with Crippen LogP contribution in [0.1, 0.15) is 25.3 Å². The van der Waals surface area contributed by atoms with Gasteiger partial charge in [-0.3, -0.25) is 4.79 Å². The summed E-state index contributed by atoms with van der Waals surface area (Å²) in [6, 6.07) is 9.99. The second-order valence-electron chi connectivity index (χ2n) is 5.02. The molecule has 0 saturated carbocycles. The molecule has 1 aromatic rings. The third kappa shape index (κ3) is 1.64. The number of nitrogens with zero attached hydrogens (tertiary/aromatic N) is 1. The zero-order chi connectivity index (χ0) is 12.8. The predicted octanol–water partition coefficient (Wildman–Crippen LogP) is 1.48. The van der Waals surface area contributed by atoms with Crippen molar-refractivity contribution in [2.24, 2.45) is 5.10 Å². The first-order valence-corrected chi connectivity index (χ1v) is 6.21. The molecule has 0 aliphatic carbocycles. The van der Waals surface area contributed by atoms with Gasteiger partial charge in [0, 0.05) is 6.54 Å². The zero-order valence-electron chi connectivity index (χ0n) is 10.5. The van der Waals surface area contributed by atoms with E-state index in [2.05, 4.69) is 10.5 Å². The first-order chi connectivity index (χ1) is 8.63. The van der Waals surface area contributed by atoms with Gasteiger partial charge >= 0.3 is 0 Å². The molecule has 1 fully saturated rings. The van der Waals surface area contributed by atoms with Crippen molar-refractivity contribution >= 4 is 11.5 Å². The molecule has 1 saturated heterocycles. The molecule has 4 nitrogen and oxygen atoms in total. The number of ketones is 1. The smallest absolute Gasteiger partial charge is 0.213 e. The Hall–Kier alpha value is -1.68. The van der Waals surface area contributed by atoms with Crippen molar-refractivity contribution in [2.45, 2.75) is 31.5 Å². The number of carbonyl (C=O) groups excluding carboxylic acids is 1. The van der Waals surface area contributed by atoms with E-state index >= 15 is 0 Å². The number of rotatable bonds is 3. The van der Waals surface area contributed by atoms with Crippen LogP contribution in [0.25, 0.3) is 0 Å². The summed E-state index contributed by atoms with van der Waals surface area (Å²) in [6.07, 6.45) is -0.00952. The Morgan fingerprint density at radius 1 is 1.44 bits per heavy atom. The van der Waals surface area contributed by atoms with Crippen LogP contribution in [0.5, 0.6) is 0 Å². The lowest BCUT2D eigenvalue weighted by atomic mass is 9.87. The van der Waals surface area contributed by atoms with E-state index < -0.39 is 5.60 Å². The van der Waals surface area contributed by atoms with Gasteiger partial charge < -0.3 is 10.2 Å². The summed E-state index contributed by atoms with van der Waals surface area (Å²) in [5, 5.41) is 4.17. The van der Waals surface area contributed by atoms with E-state index in [0.29, 0.717) is 12.3 Å². The number of epoxide rings is 1. The van der Waals surface area contributed by atoms with Crippen molar-refractivity contribution in [3.8, 4) is 0 Å². The van der Waals surface area contributed by atoms with Crippen LogP contribution in [0.2, 0.25) is 0 Å². The number of ether oxygens (including phenoxy) is 1. The minimum atomic E-state index is -0.669. The monoisotopic (exact) mass is 244 g/mol. The molecule has 0 bridgehead atoms. The second kappa shape index (κ2) is 3.92.